The van der Waals surface area contributed by atoms with Crippen molar-refractivity contribution in [2.75, 3.05) is 0 Å². The fourth-order valence-electron chi connectivity index (χ4n) is 11.2. The van der Waals surface area contributed by atoms with E-state index in [2.05, 4.69) is 181 Å². The van der Waals surface area contributed by atoms with Crippen LogP contribution in [0.1, 0.15) is 73.5 Å². The SMILES string of the molecule is C=C(/C=C\C=C/C)n1c2ccccc2c2cc(-c3ccc4c(c3)c3c(n4-c4ccc5c(c4)C4(C(CC)=C(/C=C\C)c6ccccc64)c4ccccc4-5)CCCC3)ccc21. The quantitative estimate of drug-likeness (QED) is 0.143. The first-order valence-electron chi connectivity index (χ1n) is 21.5. The highest BCUT2D eigenvalue weighted by atomic mass is 15.0. The van der Waals surface area contributed by atoms with Gasteiger partial charge in [0.25, 0.3) is 0 Å². The highest BCUT2D eigenvalue weighted by molar-refractivity contribution is 6.11. The van der Waals surface area contributed by atoms with E-state index in [0.717, 1.165) is 25.0 Å². The molecule has 0 saturated carbocycles. The molecule has 2 aromatic heterocycles. The number of para-hydroxylation sites is 1. The van der Waals surface area contributed by atoms with Gasteiger partial charge in [-0.1, -0.05) is 129 Å². The molecule has 0 aliphatic heterocycles. The molecule has 0 N–H and O–H groups in total. The molecule has 6 aromatic carbocycles. The summed E-state index contributed by atoms with van der Waals surface area (Å²) >= 11 is 0. The molecule has 59 heavy (non-hydrogen) atoms. The summed E-state index contributed by atoms with van der Waals surface area (Å²) in [7, 11) is 0. The van der Waals surface area contributed by atoms with Gasteiger partial charge in [0, 0.05) is 33.2 Å². The largest absolute Gasteiger partial charge is 0.313 e. The van der Waals surface area contributed by atoms with Crippen LogP contribution in [0.5, 0.6) is 0 Å². The topological polar surface area (TPSA) is 9.86 Å². The van der Waals surface area contributed by atoms with E-state index < -0.39 is 0 Å². The van der Waals surface area contributed by atoms with E-state index in [9.17, 15) is 0 Å². The maximum Gasteiger partial charge on any atom is 0.0689 e. The molecule has 11 rings (SSSR count). The normalized spacial score (nSPS) is 17.1. The molecule has 1 atom stereocenters. The average molecular weight is 761 g/mol. The van der Waals surface area contributed by atoms with Gasteiger partial charge >= 0.3 is 0 Å². The van der Waals surface area contributed by atoms with Crippen LogP contribution >= 0.6 is 0 Å². The van der Waals surface area contributed by atoms with E-state index in [4.69, 9.17) is 0 Å². The van der Waals surface area contributed by atoms with Crippen LogP contribution in [0.4, 0.5) is 0 Å². The van der Waals surface area contributed by atoms with Crippen LogP contribution in [0.15, 0.2) is 176 Å². The second kappa shape index (κ2) is 13.7. The van der Waals surface area contributed by atoms with Crippen LogP contribution in [0, 0.1) is 0 Å². The highest BCUT2D eigenvalue weighted by Crippen LogP contribution is 2.63. The number of benzene rings is 6. The third kappa shape index (κ3) is 4.99. The van der Waals surface area contributed by atoms with E-state index in [1.165, 1.54) is 118 Å². The fourth-order valence-corrected chi connectivity index (χ4v) is 11.2. The van der Waals surface area contributed by atoms with Gasteiger partial charge in [-0.15, -0.1) is 0 Å². The lowest BCUT2D eigenvalue weighted by atomic mass is 9.69. The molecule has 0 fully saturated rings. The number of nitrogens with zero attached hydrogens (tertiary/aromatic N) is 2. The molecule has 2 heterocycles. The first-order chi connectivity index (χ1) is 29.1. The van der Waals surface area contributed by atoms with Crippen molar-refractivity contribution in [2.45, 2.75) is 58.3 Å². The minimum absolute atomic E-state index is 0.324. The number of hydrogen-bond acceptors (Lipinski definition) is 0. The van der Waals surface area contributed by atoms with E-state index in [1.54, 1.807) is 0 Å². The first kappa shape index (κ1) is 35.5. The molecule has 0 radical (unpaired) electrons. The van der Waals surface area contributed by atoms with Crippen molar-refractivity contribution in [1.29, 1.82) is 0 Å². The molecule has 0 saturated heterocycles. The van der Waals surface area contributed by atoms with Crippen molar-refractivity contribution in [3.8, 4) is 27.9 Å². The monoisotopic (exact) mass is 760 g/mol. The van der Waals surface area contributed by atoms with Crippen molar-refractivity contribution in [2.24, 2.45) is 0 Å². The Morgan fingerprint density at radius 3 is 2.10 bits per heavy atom. The molecule has 0 amide bonds. The lowest BCUT2D eigenvalue weighted by molar-refractivity contribution is 0.666. The van der Waals surface area contributed by atoms with Crippen molar-refractivity contribution < 1.29 is 0 Å². The van der Waals surface area contributed by atoms with Gasteiger partial charge in [-0.2, -0.15) is 0 Å². The molecule has 3 aliphatic carbocycles. The van der Waals surface area contributed by atoms with Crippen LogP contribution in [0.25, 0.3) is 71.9 Å². The minimum Gasteiger partial charge on any atom is -0.313 e. The number of rotatable bonds is 7. The van der Waals surface area contributed by atoms with Gasteiger partial charge in [0.1, 0.15) is 0 Å². The zero-order valence-electron chi connectivity index (χ0n) is 34.2. The first-order valence-corrected chi connectivity index (χ1v) is 21.5. The number of fused-ring (bicyclic) bond motifs is 13. The predicted molar refractivity (Wildman–Crippen MR) is 251 cm³/mol. The highest BCUT2D eigenvalue weighted by Gasteiger charge is 2.52. The summed E-state index contributed by atoms with van der Waals surface area (Å²) < 4.78 is 4.91. The Labute approximate surface area is 347 Å². The summed E-state index contributed by atoms with van der Waals surface area (Å²) in [6.45, 7) is 11.0. The van der Waals surface area contributed by atoms with Crippen molar-refractivity contribution >= 4 is 44.0 Å². The number of aryl methyl sites for hydroxylation is 1. The summed E-state index contributed by atoms with van der Waals surface area (Å²) in [4.78, 5) is 0. The van der Waals surface area contributed by atoms with Gasteiger partial charge < -0.3 is 9.13 Å². The van der Waals surface area contributed by atoms with Crippen molar-refractivity contribution in [3.63, 3.8) is 0 Å². The molecule has 2 heteroatoms. The molecular weight excluding hydrogens is 713 g/mol. The van der Waals surface area contributed by atoms with Gasteiger partial charge in [0.2, 0.25) is 0 Å². The minimum atomic E-state index is -0.324. The molecule has 1 unspecified atom stereocenters. The average Bonchev–Trinajstić information content (AvgIpc) is 3.97. The Balaban J connectivity index is 1.09. The predicted octanol–water partition coefficient (Wildman–Crippen LogP) is 15.0. The van der Waals surface area contributed by atoms with Crippen LogP contribution in [0.2, 0.25) is 0 Å². The molecule has 1 spiro atoms. The summed E-state index contributed by atoms with van der Waals surface area (Å²) in [5.41, 5.74) is 22.2. The Morgan fingerprint density at radius 2 is 1.31 bits per heavy atom. The Hall–Kier alpha value is -6.64. The molecule has 286 valence electrons. The third-order valence-electron chi connectivity index (χ3n) is 13.5. The number of hydrogen-bond donors (Lipinski definition) is 0. The zero-order valence-corrected chi connectivity index (χ0v) is 34.2. The van der Waals surface area contributed by atoms with E-state index in [0.29, 0.717) is 0 Å². The Bertz CT molecular complexity index is 3190. The van der Waals surface area contributed by atoms with Gasteiger partial charge in [0.05, 0.1) is 22.0 Å². The van der Waals surface area contributed by atoms with Gasteiger partial charge in [-0.25, -0.2) is 0 Å². The Kier molecular flexibility index (Phi) is 8.27. The number of aromatic nitrogens is 2. The fraction of sp³-hybridized carbons (Fsp3) is 0.158. The smallest absolute Gasteiger partial charge is 0.0689 e. The van der Waals surface area contributed by atoms with E-state index in [1.807, 2.05) is 19.1 Å². The van der Waals surface area contributed by atoms with Crippen LogP contribution in [-0.2, 0) is 18.3 Å². The second-order valence-electron chi connectivity index (χ2n) is 16.5. The lowest BCUT2D eigenvalue weighted by Gasteiger charge is -2.33. The van der Waals surface area contributed by atoms with Crippen LogP contribution in [0.3, 0.4) is 0 Å². The number of allylic oxidation sites excluding steroid dienone is 9. The maximum absolute atomic E-state index is 4.47. The molecule has 0 bridgehead atoms. The summed E-state index contributed by atoms with van der Waals surface area (Å²) in [5.74, 6) is 0. The second-order valence-corrected chi connectivity index (χ2v) is 16.5. The van der Waals surface area contributed by atoms with Crippen molar-refractivity contribution in [3.05, 3.63) is 210 Å². The van der Waals surface area contributed by atoms with E-state index in [-0.39, 0.29) is 5.41 Å². The summed E-state index contributed by atoms with van der Waals surface area (Å²) in [6.07, 6.45) is 18.4. The molecule has 2 nitrogen and oxygen atoms in total. The standard InChI is InChI=1S/C57H48N2/c1-5-8-9-19-37(4)58-53-26-16-12-22-45(53)47-34-38(28-32-55(47)58)39-29-33-56-48(35-39)46-23-13-17-27-54(46)59(56)40-30-31-44-43-21-11-15-25-51(43)57(52(44)36-40)49(7-3)41(18-6-2)42-20-10-14-24-50(42)57/h5-6,8-12,14-16,18-22,24-26,28-36H,4,7,13,17,23,27H2,1-3H3/b8-5-,18-6-,19-9-. The maximum atomic E-state index is 4.47. The summed E-state index contributed by atoms with van der Waals surface area (Å²) in [5, 5.41) is 3.88. The third-order valence-corrected chi connectivity index (χ3v) is 13.5. The van der Waals surface area contributed by atoms with Gasteiger partial charge in [0.15, 0.2) is 0 Å². The van der Waals surface area contributed by atoms with Gasteiger partial charge in [-0.3, -0.25) is 0 Å². The summed E-state index contributed by atoms with van der Waals surface area (Å²) in [6, 6.07) is 48.6. The van der Waals surface area contributed by atoms with Gasteiger partial charge in [-0.05, 0) is 156 Å². The van der Waals surface area contributed by atoms with Crippen LogP contribution in [-0.4, -0.2) is 9.13 Å². The lowest BCUT2D eigenvalue weighted by Crippen LogP contribution is -2.27. The molecular formula is C57H48N2. The molecule has 3 aliphatic rings. The van der Waals surface area contributed by atoms with Crippen molar-refractivity contribution in [1.82, 2.24) is 9.13 Å². The zero-order chi connectivity index (χ0) is 39.8. The Morgan fingerprint density at radius 1 is 0.627 bits per heavy atom. The molecule has 8 aromatic rings. The van der Waals surface area contributed by atoms with Crippen LogP contribution < -0.4 is 0 Å². The van der Waals surface area contributed by atoms with E-state index >= 15 is 0 Å².